The van der Waals surface area contributed by atoms with Gasteiger partial charge < -0.3 is 4.74 Å². The number of nitro groups is 1. The van der Waals surface area contributed by atoms with Gasteiger partial charge in [0.25, 0.3) is 5.69 Å². The summed E-state index contributed by atoms with van der Waals surface area (Å²) >= 11 is 2.62. The number of nitro benzene ring substituents is 1. The van der Waals surface area contributed by atoms with Gasteiger partial charge >= 0.3 is 5.97 Å². The highest BCUT2D eigenvalue weighted by atomic mass is 32.2. The topological polar surface area (TPSA) is 107 Å². The van der Waals surface area contributed by atoms with Gasteiger partial charge in [-0.2, -0.15) is 0 Å². The lowest BCUT2D eigenvalue weighted by atomic mass is 10.2. The van der Waals surface area contributed by atoms with Gasteiger partial charge in [0.1, 0.15) is 12.4 Å². The second kappa shape index (κ2) is 7.50. The fourth-order valence-corrected chi connectivity index (χ4v) is 4.94. The van der Waals surface area contributed by atoms with Gasteiger partial charge in [-0.1, -0.05) is 11.8 Å². The van der Waals surface area contributed by atoms with E-state index in [1.165, 1.54) is 59.6 Å². The third kappa shape index (κ3) is 3.75. The number of carbonyl (C=O) groups excluding carboxylic acids is 3. The number of carbonyl (C=O) groups is 3. The van der Waals surface area contributed by atoms with Crippen LogP contribution in [-0.2, 0) is 25.7 Å². The van der Waals surface area contributed by atoms with Crippen molar-refractivity contribution in [2.45, 2.75) is 25.3 Å². The fourth-order valence-electron chi connectivity index (χ4n) is 2.41. The Morgan fingerprint density at radius 3 is 2.65 bits per heavy atom. The van der Waals surface area contributed by atoms with Crippen molar-refractivity contribution in [3.8, 4) is 0 Å². The highest BCUT2D eigenvalue weighted by Crippen LogP contribution is 2.50. The van der Waals surface area contributed by atoms with Crippen molar-refractivity contribution in [1.82, 2.24) is 4.90 Å². The summed E-state index contributed by atoms with van der Waals surface area (Å²) in [5.74, 6) is -0.598. The first kappa shape index (κ1) is 18.5. The number of hydrogen-bond acceptors (Lipinski definition) is 8. The van der Waals surface area contributed by atoms with Gasteiger partial charge in [0, 0.05) is 12.1 Å². The SMILES string of the molecule is CC(=O)CSC1=C(C(=O)OCc2ccc([N+](=O)[O-])cc2)N2C(=O)C[C@H]2S1. The van der Waals surface area contributed by atoms with Crippen LogP contribution in [0.4, 0.5) is 5.69 Å². The zero-order valence-corrected chi connectivity index (χ0v) is 15.3. The van der Waals surface area contributed by atoms with E-state index in [0.29, 0.717) is 16.2 Å². The van der Waals surface area contributed by atoms with E-state index in [9.17, 15) is 24.5 Å². The third-order valence-corrected chi connectivity index (χ3v) is 6.41. The average molecular weight is 394 g/mol. The number of hydrogen-bond donors (Lipinski definition) is 0. The minimum atomic E-state index is -0.641. The monoisotopic (exact) mass is 394 g/mol. The molecule has 0 spiro atoms. The predicted molar refractivity (Wildman–Crippen MR) is 95.9 cm³/mol. The smallest absolute Gasteiger partial charge is 0.357 e. The van der Waals surface area contributed by atoms with Crippen LogP contribution in [0, 0.1) is 10.1 Å². The van der Waals surface area contributed by atoms with Crippen molar-refractivity contribution in [3.63, 3.8) is 0 Å². The molecular formula is C16H14N2O6S2. The van der Waals surface area contributed by atoms with Crippen molar-refractivity contribution in [2.24, 2.45) is 0 Å². The van der Waals surface area contributed by atoms with Crippen molar-refractivity contribution in [2.75, 3.05) is 5.75 Å². The standard InChI is InChI=1S/C16H14N2O6S2/c1-9(19)8-25-16-14(17-12(20)6-13(17)26-16)15(21)24-7-10-2-4-11(5-3-10)18(22)23/h2-5,13H,6-8H2,1H3/t13-/m1/s1. The lowest BCUT2D eigenvalue weighted by molar-refractivity contribution is -0.384. The van der Waals surface area contributed by atoms with Gasteiger partial charge in [-0.05, 0) is 24.6 Å². The molecule has 2 aliphatic rings. The molecule has 8 nitrogen and oxygen atoms in total. The van der Waals surface area contributed by atoms with Gasteiger partial charge in [-0.25, -0.2) is 4.79 Å². The van der Waals surface area contributed by atoms with E-state index in [0.717, 1.165) is 0 Å². The molecule has 136 valence electrons. The maximum atomic E-state index is 12.5. The van der Waals surface area contributed by atoms with Crippen LogP contribution in [-0.4, -0.2) is 38.6 Å². The van der Waals surface area contributed by atoms with Crippen LogP contribution < -0.4 is 0 Å². The summed E-state index contributed by atoms with van der Waals surface area (Å²) in [6.07, 6.45) is 0.355. The number of ether oxygens (including phenoxy) is 1. The number of non-ortho nitro benzene ring substituents is 1. The molecule has 1 aromatic carbocycles. The molecule has 3 rings (SSSR count). The van der Waals surface area contributed by atoms with Crippen LogP contribution >= 0.6 is 23.5 Å². The number of β-lactam (4-membered cyclic amide) rings is 1. The lowest BCUT2D eigenvalue weighted by Crippen LogP contribution is -2.48. The molecule has 0 saturated carbocycles. The summed E-state index contributed by atoms with van der Waals surface area (Å²) < 4.78 is 5.89. The molecule has 10 heteroatoms. The van der Waals surface area contributed by atoms with Crippen LogP contribution in [0.15, 0.2) is 34.2 Å². The predicted octanol–water partition coefficient (Wildman–Crippen LogP) is 2.43. The van der Waals surface area contributed by atoms with Crippen LogP contribution in [0.25, 0.3) is 0 Å². The Morgan fingerprint density at radius 1 is 1.38 bits per heavy atom. The molecule has 2 heterocycles. The third-order valence-electron chi connectivity index (χ3n) is 3.70. The van der Waals surface area contributed by atoms with E-state index >= 15 is 0 Å². The average Bonchev–Trinajstić information content (AvgIpc) is 2.90. The summed E-state index contributed by atoms with van der Waals surface area (Å²) in [4.78, 5) is 47.1. The molecule has 1 aromatic rings. The van der Waals surface area contributed by atoms with Gasteiger partial charge in [0.05, 0.1) is 26.7 Å². The van der Waals surface area contributed by atoms with Crippen molar-refractivity contribution < 1.29 is 24.0 Å². The molecule has 1 amide bonds. The molecule has 0 aliphatic carbocycles. The van der Waals surface area contributed by atoms with Crippen LogP contribution in [0.2, 0.25) is 0 Å². The molecule has 0 N–H and O–H groups in total. The summed E-state index contributed by atoms with van der Waals surface area (Å²) in [5.41, 5.74) is 0.732. The first-order valence-corrected chi connectivity index (χ1v) is 9.49. The first-order valence-electron chi connectivity index (χ1n) is 7.62. The molecule has 1 atom stereocenters. The molecule has 1 fully saturated rings. The summed E-state index contributed by atoms with van der Waals surface area (Å²) in [7, 11) is 0. The normalized spacial score (nSPS) is 18.4. The van der Waals surface area contributed by atoms with E-state index in [-0.39, 0.29) is 40.8 Å². The molecule has 0 bridgehead atoms. The Bertz CT molecular complexity index is 821. The highest BCUT2D eigenvalue weighted by Gasteiger charge is 2.49. The maximum Gasteiger partial charge on any atom is 0.357 e. The lowest BCUT2D eigenvalue weighted by Gasteiger charge is -2.34. The number of fused-ring (bicyclic) bond motifs is 1. The minimum Gasteiger partial charge on any atom is -0.456 e. The van der Waals surface area contributed by atoms with Gasteiger partial charge in [0.15, 0.2) is 5.70 Å². The van der Waals surface area contributed by atoms with E-state index in [4.69, 9.17) is 4.74 Å². The van der Waals surface area contributed by atoms with E-state index < -0.39 is 10.9 Å². The Labute approximate surface area is 157 Å². The van der Waals surface area contributed by atoms with Crippen molar-refractivity contribution >= 4 is 46.9 Å². The quantitative estimate of drug-likeness (QED) is 0.300. The Balaban J connectivity index is 1.69. The Hall–Kier alpha value is -2.33. The number of rotatable bonds is 7. The number of benzene rings is 1. The molecule has 1 saturated heterocycles. The molecule has 2 aliphatic heterocycles. The second-order valence-electron chi connectivity index (χ2n) is 5.67. The van der Waals surface area contributed by atoms with Crippen molar-refractivity contribution in [1.29, 1.82) is 0 Å². The minimum absolute atomic E-state index is 0.0257. The zero-order chi connectivity index (χ0) is 18.8. The number of Topliss-reactive ketones (excluding diaryl/α,β-unsaturated/α-hetero) is 1. The Kier molecular flexibility index (Phi) is 5.33. The summed E-state index contributed by atoms with van der Waals surface area (Å²) in [6.45, 7) is 1.39. The van der Waals surface area contributed by atoms with Crippen LogP contribution in [0.1, 0.15) is 18.9 Å². The highest BCUT2D eigenvalue weighted by molar-refractivity contribution is 8.23. The fraction of sp³-hybridized carbons (Fsp3) is 0.312. The number of nitrogens with zero attached hydrogens (tertiary/aromatic N) is 2. The molecule has 0 unspecified atom stereocenters. The summed E-state index contributed by atoms with van der Waals surface area (Å²) in [5, 5.41) is 10.5. The molecule has 26 heavy (non-hydrogen) atoms. The molecular weight excluding hydrogens is 380 g/mol. The van der Waals surface area contributed by atoms with Crippen molar-refractivity contribution in [3.05, 3.63) is 49.9 Å². The number of thioether (sulfide) groups is 2. The Morgan fingerprint density at radius 2 is 2.08 bits per heavy atom. The number of esters is 1. The van der Waals surface area contributed by atoms with Gasteiger partial charge in [-0.15, -0.1) is 11.8 Å². The second-order valence-corrected chi connectivity index (χ2v) is 8.10. The molecule has 0 radical (unpaired) electrons. The molecule has 0 aromatic heterocycles. The van der Waals surface area contributed by atoms with Gasteiger partial charge in [0.2, 0.25) is 5.91 Å². The summed E-state index contributed by atoms with van der Waals surface area (Å²) in [6, 6.07) is 5.67. The number of ketones is 1. The largest absolute Gasteiger partial charge is 0.456 e. The van der Waals surface area contributed by atoms with Gasteiger partial charge in [-0.3, -0.25) is 24.6 Å². The maximum absolute atomic E-state index is 12.5. The van der Waals surface area contributed by atoms with E-state index in [1.54, 1.807) is 0 Å². The van der Waals surface area contributed by atoms with E-state index in [2.05, 4.69) is 0 Å². The van der Waals surface area contributed by atoms with Crippen LogP contribution in [0.3, 0.4) is 0 Å². The van der Waals surface area contributed by atoms with E-state index in [1.807, 2.05) is 0 Å². The van der Waals surface area contributed by atoms with Crippen LogP contribution in [0.5, 0.6) is 0 Å². The zero-order valence-electron chi connectivity index (χ0n) is 13.7. The number of amides is 1. The first-order chi connectivity index (χ1) is 12.4.